The second-order valence-electron chi connectivity index (χ2n) is 7.48. The number of benzene rings is 1. The van der Waals surface area contributed by atoms with Crippen molar-refractivity contribution in [1.29, 1.82) is 0 Å². The maximum atomic E-state index is 12.4. The summed E-state index contributed by atoms with van der Waals surface area (Å²) in [6, 6.07) is 6.88. The van der Waals surface area contributed by atoms with E-state index in [1.54, 1.807) is 24.3 Å². The van der Waals surface area contributed by atoms with Crippen LogP contribution in [-0.4, -0.2) is 68.6 Å². The molecule has 1 aliphatic heterocycles. The van der Waals surface area contributed by atoms with Gasteiger partial charge in [0.1, 0.15) is 0 Å². The van der Waals surface area contributed by atoms with Crippen LogP contribution in [0.2, 0.25) is 0 Å². The van der Waals surface area contributed by atoms with Crippen LogP contribution in [0.1, 0.15) is 66.7 Å². The second kappa shape index (κ2) is 10.8. The van der Waals surface area contributed by atoms with Gasteiger partial charge in [-0.05, 0) is 50.9 Å². The normalized spacial score (nSPS) is 15.2. The Hall–Kier alpha value is -1.77. The van der Waals surface area contributed by atoms with E-state index >= 15 is 0 Å². The number of hydrogen-bond donors (Lipinski definition) is 0. The third-order valence-corrected chi connectivity index (χ3v) is 5.62. The molecule has 7 nitrogen and oxygen atoms in total. The van der Waals surface area contributed by atoms with Crippen molar-refractivity contribution in [1.82, 2.24) is 9.80 Å². The lowest BCUT2D eigenvalue weighted by Crippen LogP contribution is -2.40. The zero-order chi connectivity index (χ0) is 21.4. The number of fused-ring (bicyclic) bond motifs is 1. The number of rotatable bonds is 13. The first-order valence-corrected chi connectivity index (χ1v) is 12.1. The Labute approximate surface area is 174 Å². The summed E-state index contributed by atoms with van der Waals surface area (Å²) < 4.78 is 28.0. The summed E-state index contributed by atoms with van der Waals surface area (Å²) in [4.78, 5) is 28.5. The Morgan fingerprint density at radius 1 is 1.00 bits per heavy atom. The van der Waals surface area contributed by atoms with Crippen LogP contribution < -0.4 is 0 Å². The van der Waals surface area contributed by atoms with Gasteiger partial charge in [0.25, 0.3) is 21.9 Å². The van der Waals surface area contributed by atoms with Gasteiger partial charge in [-0.2, -0.15) is 8.42 Å². The molecule has 0 radical (unpaired) electrons. The fraction of sp³-hybridized carbons (Fsp3) is 0.619. The predicted octanol–water partition coefficient (Wildman–Crippen LogP) is 2.92. The summed E-state index contributed by atoms with van der Waals surface area (Å²) in [6.07, 6.45) is 5.21. The van der Waals surface area contributed by atoms with Crippen LogP contribution in [0.5, 0.6) is 0 Å². The van der Waals surface area contributed by atoms with Gasteiger partial charge in [0.15, 0.2) is 0 Å². The minimum Gasteiger partial charge on any atom is -0.298 e. The minimum atomic E-state index is -3.50. The Kier molecular flexibility index (Phi) is 8.79. The smallest absolute Gasteiger partial charge is 0.264 e. The van der Waals surface area contributed by atoms with E-state index in [4.69, 9.17) is 4.18 Å². The van der Waals surface area contributed by atoms with Crippen molar-refractivity contribution in [2.75, 3.05) is 32.5 Å². The molecule has 162 valence electrons. The average Bonchev–Trinajstić information content (AvgIpc) is 2.91. The molecule has 0 fully saturated rings. The maximum Gasteiger partial charge on any atom is 0.264 e. The standard InChI is InChI=1S/C21H32N2O5S/c1-4-13-22(14-5-2)17(16-28-29(3,26)27)10-8-9-15-23-20(24)18-11-6-7-12-19(18)21(23)25/h6-7,11-12,17H,4-5,8-10,13-16H2,1-3H3. The van der Waals surface area contributed by atoms with Gasteiger partial charge in [0, 0.05) is 12.6 Å². The van der Waals surface area contributed by atoms with Gasteiger partial charge in [-0.1, -0.05) is 32.4 Å². The van der Waals surface area contributed by atoms with Crippen molar-refractivity contribution in [3.63, 3.8) is 0 Å². The molecule has 0 N–H and O–H groups in total. The average molecular weight is 425 g/mol. The third kappa shape index (κ3) is 6.62. The number of amides is 2. The molecular formula is C21H32N2O5S. The zero-order valence-electron chi connectivity index (χ0n) is 17.6. The minimum absolute atomic E-state index is 0.00759. The quantitative estimate of drug-likeness (QED) is 0.275. The highest BCUT2D eigenvalue weighted by Crippen LogP contribution is 2.23. The van der Waals surface area contributed by atoms with Crippen molar-refractivity contribution >= 4 is 21.9 Å². The summed E-state index contributed by atoms with van der Waals surface area (Å²) in [5.74, 6) is -0.470. The van der Waals surface area contributed by atoms with Gasteiger partial charge in [-0.3, -0.25) is 23.6 Å². The largest absolute Gasteiger partial charge is 0.298 e. The van der Waals surface area contributed by atoms with E-state index in [0.717, 1.165) is 45.0 Å². The van der Waals surface area contributed by atoms with Crippen LogP contribution in [-0.2, 0) is 14.3 Å². The van der Waals surface area contributed by atoms with E-state index in [1.165, 1.54) is 4.90 Å². The Morgan fingerprint density at radius 2 is 1.55 bits per heavy atom. The Balaban J connectivity index is 1.91. The van der Waals surface area contributed by atoms with Gasteiger partial charge in [0.2, 0.25) is 0 Å². The van der Waals surface area contributed by atoms with Crippen LogP contribution in [0.3, 0.4) is 0 Å². The summed E-state index contributed by atoms with van der Waals surface area (Å²) in [5, 5.41) is 0. The molecule has 2 rings (SSSR count). The van der Waals surface area contributed by atoms with Gasteiger partial charge in [0.05, 0.1) is 24.0 Å². The maximum absolute atomic E-state index is 12.4. The van der Waals surface area contributed by atoms with Gasteiger partial charge >= 0.3 is 0 Å². The van der Waals surface area contributed by atoms with Crippen molar-refractivity contribution in [2.45, 2.75) is 52.0 Å². The third-order valence-electron chi connectivity index (χ3n) is 5.06. The molecule has 0 saturated heterocycles. The van der Waals surface area contributed by atoms with Crippen molar-refractivity contribution in [3.8, 4) is 0 Å². The fourth-order valence-corrected chi connectivity index (χ4v) is 4.12. The SMILES string of the molecule is CCCN(CCC)C(CCCCN1C(=O)c2ccccc2C1=O)COS(C)(=O)=O. The van der Waals surface area contributed by atoms with E-state index in [2.05, 4.69) is 18.7 Å². The summed E-state index contributed by atoms with van der Waals surface area (Å²) >= 11 is 0. The number of carbonyl (C=O) groups is 2. The zero-order valence-corrected chi connectivity index (χ0v) is 18.4. The molecule has 0 bridgehead atoms. The molecule has 0 aromatic heterocycles. The summed E-state index contributed by atoms with van der Waals surface area (Å²) in [6.45, 7) is 6.45. The molecule has 2 amide bonds. The number of carbonyl (C=O) groups excluding carboxylic acids is 2. The lowest BCUT2D eigenvalue weighted by molar-refractivity contribution is 0.0648. The monoisotopic (exact) mass is 424 g/mol. The molecule has 0 spiro atoms. The number of imide groups is 1. The second-order valence-corrected chi connectivity index (χ2v) is 9.13. The Morgan fingerprint density at radius 3 is 2.03 bits per heavy atom. The molecule has 0 saturated carbocycles. The van der Waals surface area contributed by atoms with Crippen LogP contribution >= 0.6 is 0 Å². The predicted molar refractivity (Wildman–Crippen MR) is 112 cm³/mol. The molecule has 1 aromatic carbocycles. The topological polar surface area (TPSA) is 84.0 Å². The molecule has 1 aromatic rings. The van der Waals surface area contributed by atoms with Crippen molar-refractivity contribution in [3.05, 3.63) is 35.4 Å². The van der Waals surface area contributed by atoms with Crippen LogP contribution in [0.15, 0.2) is 24.3 Å². The van der Waals surface area contributed by atoms with Crippen molar-refractivity contribution < 1.29 is 22.2 Å². The lowest BCUT2D eigenvalue weighted by atomic mass is 10.1. The van der Waals surface area contributed by atoms with Gasteiger partial charge in [-0.25, -0.2) is 0 Å². The van der Waals surface area contributed by atoms with Crippen LogP contribution in [0.25, 0.3) is 0 Å². The van der Waals surface area contributed by atoms with E-state index in [1.807, 2.05) is 0 Å². The molecule has 1 atom stereocenters. The summed E-state index contributed by atoms with van der Waals surface area (Å²) in [7, 11) is -3.50. The molecule has 1 heterocycles. The molecule has 0 aliphatic carbocycles. The Bertz CT molecular complexity index is 768. The first-order chi connectivity index (χ1) is 13.8. The van der Waals surface area contributed by atoms with E-state index in [9.17, 15) is 18.0 Å². The van der Waals surface area contributed by atoms with Crippen LogP contribution in [0, 0.1) is 0 Å². The van der Waals surface area contributed by atoms with E-state index in [-0.39, 0.29) is 24.5 Å². The number of nitrogens with zero attached hydrogens (tertiary/aromatic N) is 2. The van der Waals surface area contributed by atoms with Gasteiger partial charge in [-0.15, -0.1) is 0 Å². The molecule has 29 heavy (non-hydrogen) atoms. The fourth-order valence-electron chi connectivity index (χ4n) is 3.72. The highest BCUT2D eigenvalue weighted by molar-refractivity contribution is 7.85. The van der Waals surface area contributed by atoms with Gasteiger partial charge < -0.3 is 0 Å². The van der Waals surface area contributed by atoms with Crippen molar-refractivity contribution in [2.24, 2.45) is 0 Å². The first kappa shape index (κ1) is 23.5. The first-order valence-electron chi connectivity index (χ1n) is 10.3. The molecule has 1 aliphatic rings. The highest BCUT2D eigenvalue weighted by Gasteiger charge is 2.34. The van der Waals surface area contributed by atoms with E-state index < -0.39 is 10.1 Å². The molecule has 8 heteroatoms. The molecular weight excluding hydrogens is 392 g/mol. The number of hydrogen-bond acceptors (Lipinski definition) is 6. The van der Waals surface area contributed by atoms with E-state index in [0.29, 0.717) is 24.1 Å². The number of unbranched alkanes of at least 4 members (excludes halogenated alkanes) is 1. The van der Waals surface area contributed by atoms with Crippen LogP contribution in [0.4, 0.5) is 0 Å². The summed E-state index contributed by atoms with van der Waals surface area (Å²) in [5.41, 5.74) is 0.933. The lowest BCUT2D eigenvalue weighted by Gasteiger charge is -2.31. The molecule has 1 unspecified atom stereocenters. The highest BCUT2D eigenvalue weighted by atomic mass is 32.2.